The molecule has 0 aliphatic carbocycles. The Labute approximate surface area is 100 Å². The van der Waals surface area contributed by atoms with E-state index in [1.165, 1.54) is 6.33 Å². The third kappa shape index (κ3) is 2.46. The van der Waals surface area contributed by atoms with Gasteiger partial charge in [0.1, 0.15) is 10.3 Å². The molecule has 16 heavy (non-hydrogen) atoms. The summed E-state index contributed by atoms with van der Waals surface area (Å²) in [6.45, 7) is 0.524. The summed E-state index contributed by atoms with van der Waals surface area (Å²) in [5.41, 5.74) is 0.676. The molecule has 0 aliphatic rings. The molecule has 2 heterocycles. The van der Waals surface area contributed by atoms with Crippen LogP contribution in [0.5, 0.6) is 0 Å². The molecule has 0 saturated heterocycles. The normalized spacial score (nSPS) is 10.1. The highest BCUT2D eigenvalue weighted by Gasteiger charge is 2.04. The van der Waals surface area contributed by atoms with Gasteiger partial charge in [0.2, 0.25) is 0 Å². The average molecular weight is 281 g/mol. The zero-order chi connectivity index (χ0) is 11.4. The van der Waals surface area contributed by atoms with Crippen molar-refractivity contribution in [2.75, 3.05) is 5.32 Å². The maximum atomic E-state index is 11.3. The minimum Gasteiger partial charge on any atom is -0.363 e. The number of halogens is 1. The number of aromatic amines is 1. The van der Waals surface area contributed by atoms with Crippen LogP contribution >= 0.6 is 15.9 Å². The van der Waals surface area contributed by atoms with Gasteiger partial charge in [0.25, 0.3) is 5.56 Å². The quantitative estimate of drug-likeness (QED) is 0.895. The van der Waals surface area contributed by atoms with Crippen molar-refractivity contribution >= 4 is 21.7 Å². The van der Waals surface area contributed by atoms with E-state index in [9.17, 15) is 4.79 Å². The van der Waals surface area contributed by atoms with Crippen LogP contribution in [0.25, 0.3) is 0 Å². The molecular formula is C10H9BrN4O. The lowest BCUT2D eigenvalue weighted by Gasteiger charge is -2.05. The summed E-state index contributed by atoms with van der Waals surface area (Å²) in [5.74, 6) is 0.509. The van der Waals surface area contributed by atoms with Crippen LogP contribution < -0.4 is 10.9 Å². The fourth-order valence-electron chi connectivity index (χ4n) is 1.18. The summed E-state index contributed by atoms with van der Waals surface area (Å²) in [4.78, 5) is 21.9. The number of aromatic nitrogens is 3. The molecule has 0 aliphatic heterocycles. The van der Waals surface area contributed by atoms with E-state index in [2.05, 4.69) is 36.2 Å². The summed E-state index contributed by atoms with van der Waals surface area (Å²) in [6, 6.07) is 5.66. The largest absolute Gasteiger partial charge is 0.363 e. The molecule has 82 valence electrons. The van der Waals surface area contributed by atoms with Gasteiger partial charge in [-0.2, -0.15) is 0 Å². The number of anilines is 1. The second-order valence-corrected chi connectivity index (χ2v) is 3.86. The van der Waals surface area contributed by atoms with Crippen molar-refractivity contribution in [2.24, 2.45) is 0 Å². The number of hydrogen-bond donors (Lipinski definition) is 2. The highest BCUT2D eigenvalue weighted by molar-refractivity contribution is 9.10. The molecule has 0 amide bonds. The van der Waals surface area contributed by atoms with Crippen LogP contribution in [0.2, 0.25) is 0 Å². The van der Waals surface area contributed by atoms with Crippen molar-refractivity contribution in [2.45, 2.75) is 6.54 Å². The fourth-order valence-corrected chi connectivity index (χ4v) is 1.54. The van der Waals surface area contributed by atoms with E-state index in [-0.39, 0.29) is 5.56 Å². The van der Waals surface area contributed by atoms with Crippen molar-refractivity contribution in [3.63, 3.8) is 0 Å². The highest BCUT2D eigenvalue weighted by atomic mass is 79.9. The first-order valence-corrected chi connectivity index (χ1v) is 5.43. The van der Waals surface area contributed by atoms with E-state index < -0.39 is 0 Å². The summed E-state index contributed by atoms with van der Waals surface area (Å²) in [7, 11) is 0. The standard InChI is InChI=1S/C10H9BrN4O/c11-8-9(14-6-15-10(8)16)13-5-7-3-1-2-4-12-7/h1-4,6H,5H2,(H2,13,14,15,16). The molecule has 0 spiro atoms. The SMILES string of the molecule is O=c1[nH]cnc(NCc2ccccn2)c1Br. The molecular weight excluding hydrogens is 272 g/mol. The van der Waals surface area contributed by atoms with Crippen LogP contribution in [-0.2, 0) is 6.54 Å². The third-order valence-electron chi connectivity index (χ3n) is 1.96. The first kappa shape index (κ1) is 10.8. The van der Waals surface area contributed by atoms with E-state index in [0.29, 0.717) is 16.8 Å². The molecule has 0 saturated carbocycles. The maximum absolute atomic E-state index is 11.3. The van der Waals surface area contributed by atoms with E-state index in [0.717, 1.165) is 5.69 Å². The average Bonchev–Trinajstić information content (AvgIpc) is 2.32. The van der Waals surface area contributed by atoms with Crippen molar-refractivity contribution in [3.05, 3.63) is 51.2 Å². The second kappa shape index (κ2) is 4.89. The molecule has 0 unspecified atom stereocenters. The van der Waals surface area contributed by atoms with Crippen molar-refractivity contribution in [1.29, 1.82) is 0 Å². The van der Waals surface area contributed by atoms with Gasteiger partial charge in [0.15, 0.2) is 0 Å². The minimum atomic E-state index is -0.210. The number of H-pyrrole nitrogens is 1. The molecule has 0 radical (unpaired) electrons. The van der Waals surface area contributed by atoms with E-state index in [1.807, 2.05) is 18.2 Å². The van der Waals surface area contributed by atoms with Gasteiger partial charge < -0.3 is 10.3 Å². The molecule has 2 aromatic rings. The van der Waals surface area contributed by atoms with Crippen molar-refractivity contribution < 1.29 is 0 Å². The first-order chi connectivity index (χ1) is 7.77. The van der Waals surface area contributed by atoms with Gasteiger partial charge in [-0.15, -0.1) is 0 Å². The van der Waals surface area contributed by atoms with Crippen LogP contribution in [-0.4, -0.2) is 15.0 Å². The summed E-state index contributed by atoms with van der Waals surface area (Å²) < 4.78 is 0.394. The Balaban J connectivity index is 2.11. The summed E-state index contributed by atoms with van der Waals surface area (Å²) >= 11 is 3.16. The van der Waals surface area contributed by atoms with Gasteiger partial charge in [0.05, 0.1) is 18.6 Å². The Morgan fingerprint density at radius 2 is 2.25 bits per heavy atom. The lowest BCUT2D eigenvalue weighted by atomic mass is 10.3. The lowest BCUT2D eigenvalue weighted by Crippen LogP contribution is -2.12. The van der Waals surface area contributed by atoms with Gasteiger partial charge in [-0.05, 0) is 28.1 Å². The predicted octanol–water partition coefficient (Wildman–Crippen LogP) is 1.54. The fraction of sp³-hybridized carbons (Fsp3) is 0.100. The highest BCUT2D eigenvalue weighted by Crippen LogP contribution is 2.13. The Morgan fingerprint density at radius 1 is 1.38 bits per heavy atom. The Bertz CT molecular complexity index is 526. The molecule has 0 aromatic carbocycles. The third-order valence-corrected chi connectivity index (χ3v) is 2.70. The van der Waals surface area contributed by atoms with E-state index in [1.54, 1.807) is 6.20 Å². The molecule has 2 rings (SSSR count). The molecule has 6 heteroatoms. The van der Waals surface area contributed by atoms with Gasteiger partial charge >= 0.3 is 0 Å². The molecule has 0 atom stereocenters. The van der Waals surface area contributed by atoms with Crippen molar-refractivity contribution in [3.8, 4) is 0 Å². The second-order valence-electron chi connectivity index (χ2n) is 3.07. The van der Waals surface area contributed by atoms with Crippen LogP contribution in [0, 0.1) is 0 Å². The van der Waals surface area contributed by atoms with E-state index in [4.69, 9.17) is 0 Å². The Kier molecular flexibility index (Phi) is 3.31. The predicted molar refractivity (Wildman–Crippen MR) is 64.1 cm³/mol. The van der Waals surface area contributed by atoms with Gasteiger partial charge in [-0.3, -0.25) is 9.78 Å². The van der Waals surface area contributed by atoms with Gasteiger partial charge in [0, 0.05) is 6.20 Å². The molecule has 0 fully saturated rings. The monoisotopic (exact) mass is 280 g/mol. The number of nitrogens with one attached hydrogen (secondary N) is 2. The Hall–Kier alpha value is -1.69. The lowest BCUT2D eigenvalue weighted by molar-refractivity contribution is 1.01. The van der Waals surface area contributed by atoms with Crippen LogP contribution in [0.1, 0.15) is 5.69 Å². The van der Waals surface area contributed by atoms with Gasteiger partial charge in [-0.1, -0.05) is 6.07 Å². The number of rotatable bonds is 3. The van der Waals surface area contributed by atoms with E-state index >= 15 is 0 Å². The molecule has 5 nitrogen and oxygen atoms in total. The van der Waals surface area contributed by atoms with Crippen LogP contribution in [0.15, 0.2) is 40.0 Å². The zero-order valence-corrected chi connectivity index (χ0v) is 9.86. The van der Waals surface area contributed by atoms with Crippen LogP contribution in [0.3, 0.4) is 0 Å². The number of pyridine rings is 1. The summed E-state index contributed by atoms with van der Waals surface area (Å²) in [5, 5.41) is 3.03. The zero-order valence-electron chi connectivity index (χ0n) is 8.27. The molecule has 0 bridgehead atoms. The first-order valence-electron chi connectivity index (χ1n) is 4.64. The number of nitrogens with zero attached hydrogens (tertiary/aromatic N) is 2. The molecule has 2 N–H and O–H groups in total. The minimum absolute atomic E-state index is 0.210. The molecule has 2 aromatic heterocycles. The summed E-state index contributed by atoms with van der Waals surface area (Å²) in [6.07, 6.45) is 3.07. The number of hydrogen-bond acceptors (Lipinski definition) is 4. The van der Waals surface area contributed by atoms with Gasteiger partial charge in [-0.25, -0.2) is 4.98 Å². The van der Waals surface area contributed by atoms with Crippen LogP contribution in [0.4, 0.5) is 5.82 Å². The van der Waals surface area contributed by atoms with Crippen molar-refractivity contribution in [1.82, 2.24) is 15.0 Å². The smallest absolute Gasteiger partial charge is 0.267 e. The topological polar surface area (TPSA) is 70.7 Å². The maximum Gasteiger partial charge on any atom is 0.267 e. The Morgan fingerprint density at radius 3 is 3.00 bits per heavy atom.